The Morgan fingerprint density at radius 1 is 0.828 bits per heavy atom. The molecular weight excluding hydrogens is 455 g/mol. The van der Waals surface area contributed by atoms with E-state index in [-0.39, 0.29) is 31.9 Å². The van der Waals surface area contributed by atoms with E-state index in [1.807, 2.05) is 6.92 Å². The number of amides is 1. The van der Waals surface area contributed by atoms with Crippen molar-refractivity contribution >= 4 is 62.1 Å². The van der Waals surface area contributed by atoms with Gasteiger partial charge in [-0.25, -0.2) is 8.42 Å². The van der Waals surface area contributed by atoms with Crippen molar-refractivity contribution in [2.24, 2.45) is 0 Å². The Morgan fingerprint density at radius 2 is 1.45 bits per heavy atom. The predicted octanol–water partition coefficient (Wildman–Crippen LogP) is 6.01. The van der Waals surface area contributed by atoms with Crippen LogP contribution >= 0.6 is 34.8 Å². The van der Waals surface area contributed by atoms with E-state index in [1.54, 1.807) is 24.3 Å². The lowest BCUT2D eigenvalue weighted by molar-refractivity contribution is 0.102. The van der Waals surface area contributed by atoms with Crippen LogP contribution in [0.1, 0.15) is 15.9 Å². The molecule has 0 bridgehead atoms. The molecule has 0 aliphatic rings. The van der Waals surface area contributed by atoms with Gasteiger partial charge in [0.1, 0.15) is 0 Å². The van der Waals surface area contributed by atoms with Gasteiger partial charge in [0, 0.05) is 10.0 Å². The van der Waals surface area contributed by atoms with Gasteiger partial charge in [-0.1, -0.05) is 52.5 Å². The van der Waals surface area contributed by atoms with Crippen molar-refractivity contribution in [2.75, 3.05) is 10.0 Å². The van der Waals surface area contributed by atoms with Crippen LogP contribution in [0.15, 0.2) is 65.6 Å². The molecule has 1 amide bonds. The smallest absolute Gasteiger partial charge is 0.261 e. The summed E-state index contributed by atoms with van der Waals surface area (Å²) in [4.78, 5) is 12.9. The molecule has 0 fully saturated rings. The van der Waals surface area contributed by atoms with Crippen molar-refractivity contribution in [3.8, 4) is 0 Å². The first kappa shape index (κ1) is 21.5. The fraction of sp³-hybridized carbons (Fsp3) is 0.0500. The topological polar surface area (TPSA) is 75.3 Å². The second-order valence-corrected chi connectivity index (χ2v) is 9.15. The predicted molar refractivity (Wildman–Crippen MR) is 118 cm³/mol. The zero-order chi connectivity index (χ0) is 21.2. The van der Waals surface area contributed by atoms with Gasteiger partial charge in [-0.2, -0.15) is 0 Å². The molecule has 0 aliphatic heterocycles. The Morgan fingerprint density at radius 3 is 2.14 bits per heavy atom. The molecule has 3 aromatic rings. The fourth-order valence-corrected chi connectivity index (χ4v) is 4.09. The number of carbonyl (C=O) groups excluding carboxylic acids is 1. The maximum Gasteiger partial charge on any atom is 0.261 e. The van der Waals surface area contributed by atoms with Crippen LogP contribution in [-0.2, 0) is 10.0 Å². The van der Waals surface area contributed by atoms with Crippen molar-refractivity contribution in [3.63, 3.8) is 0 Å². The number of halogens is 3. The third-order valence-corrected chi connectivity index (χ3v) is 6.16. The molecule has 0 radical (unpaired) electrons. The van der Waals surface area contributed by atoms with Gasteiger partial charge in [-0.15, -0.1) is 0 Å². The van der Waals surface area contributed by atoms with Gasteiger partial charge in [0.15, 0.2) is 0 Å². The molecule has 3 aromatic carbocycles. The van der Waals surface area contributed by atoms with Gasteiger partial charge < -0.3 is 5.32 Å². The van der Waals surface area contributed by atoms with Crippen LogP contribution in [0.3, 0.4) is 0 Å². The summed E-state index contributed by atoms with van der Waals surface area (Å²) in [6.45, 7) is 1.85. The molecule has 3 rings (SSSR count). The maximum absolute atomic E-state index is 12.8. The molecular formula is C20H15Cl3N2O3S. The van der Waals surface area contributed by atoms with Crippen LogP contribution in [0, 0.1) is 6.92 Å². The molecule has 5 nitrogen and oxygen atoms in total. The molecule has 0 spiro atoms. The average molecular weight is 470 g/mol. The fourth-order valence-electron chi connectivity index (χ4n) is 2.50. The number of nitrogens with one attached hydrogen (secondary N) is 2. The largest absolute Gasteiger partial charge is 0.321 e. The molecule has 0 saturated carbocycles. The van der Waals surface area contributed by atoms with Crippen molar-refractivity contribution in [1.82, 2.24) is 0 Å². The Balaban J connectivity index is 1.94. The van der Waals surface area contributed by atoms with E-state index in [0.717, 1.165) is 5.56 Å². The van der Waals surface area contributed by atoms with Crippen LogP contribution in [0.2, 0.25) is 15.1 Å². The number of hydrogen-bond acceptors (Lipinski definition) is 3. The number of anilines is 2. The van der Waals surface area contributed by atoms with Crippen LogP contribution in [0.5, 0.6) is 0 Å². The van der Waals surface area contributed by atoms with E-state index in [4.69, 9.17) is 34.8 Å². The number of rotatable bonds is 5. The molecule has 2 N–H and O–H groups in total. The number of sulfonamides is 1. The maximum atomic E-state index is 12.8. The van der Waals surface area contributed by atoms with Gasteiger partial charge >= 0.3 is 0 Å². The average Bonchev–Trinajstić information content (AvgIpc) is 2.66. The highest BCUT2D eigenvalue weighted by atomic mass is 35.5. The van der Waals surface area contributed by atoms with Crippen molar-refractivity contribution in [2.45, 2.75) is 11.8 Å². The molecule has 0 aliphatic carbocycles. The third-order valence-electron chi connectivity index (χ3n) is 3.98. The highest BCUT2D eigenvalue weighted by Crippen LogP contribution is 2.28. The summed E-state index contributed by atoms with van der Waals surface area (Å²) in [5.74, 6) is -0.599. The normalized spacial score (nSPS) is 11.2. The number of benzene rings is 3. The molecule has 0 aromatic heterocycles. The van der Waals surface area contributed by atoms with Crippen LogP contribution in [0.4, 0.5) is 11.4 Å². The van der Waals surface area contributed by atoms with Gasteiger partial charge in [0.2, 0.25) is 0 Å². The summed E-state index contributed by atoms with van der Waals surface area (Å²) in [7, 11) is -3.91. The lowest BCUT2D eigenvalue weighted by Gasteiger charge is -2.14. The SMILES string of the molecule is Cc1ccc(S(=O)(=O)Nc2ccc(Cl)cc2C(=O)Nc2cc(Cl)ccc2Cl)cc1. The molecule has 0 atom stereocenters. The summed E-state index contributed by atoms with van der Waals surface area (Å²) < 4.78 is 27.9. The first-order valence-corrected chi connectivity index (χ1v) is 10.9. The second-order valence-electron chi connectivity index (χ2n) is 6.19. The van der Waals surface area contributed by atoms with E-state index in [0.29, 0.717) is 5.02 Å². The Bertz CT molecular complexity index is 1180. The summed E-state index contributed by atoms with van der Waals surface area (Å²) in [6.07, 6.45) is 0. The minimum absolute atomic E-state index is 0.0317. The molecule has 0 heterocycles. The third kappa shape index (κ3) is 5.22. The Hall–Kier alpha value is -2.25. The molecule has 29 heavy (non-hydrogen) atoms. The monoisotopic (exact) mass is 468 g/mol. The van der Waals surface area contributed by atoms with Crippen LogP contribution in [-0.4, -0.2) is 14.3 Å². The molecule has 0 unspecified atom stereocenters. The molecule has 150 valence electrons. The van der Waals surface area contributed by atoms with Crippen molar-refractivity contribution in [3.05, 3.63) is 86.9 Å². The van der Waals surface area contributed by atoms with E-state index < -0.39 is 15.9 Å². The lowest BCUT2D eigenvalue weighted by Crippen LogP contribution is -2.19. The lowest BCUT2D eigenvalue weighted by atomic mass is 10.1. The molecule has 9 heteroatoms. The van der Waals surface area contributed by atoms with E-state index in [2.05, 4.69) is 10.0 Å². The zero-order valence-electron chi connectivity index (χ0n) is 15.0. The van der Waals surface area contributed by atoms with Gasteiger partial charge in [0.25, 0.3) is 15.9 Å². The first-order chi connectivity index (χ1) is 13.7. The van der Waals surface area contributed by atoms with E-state index in [1.165, 1.54) is 36.4 Å². The number of carbonyl (C=O) groups is 1. The van der Waals surface area contributed by atoms with Gasteiger partial charge in [-0.3, -0.25) is 9.52 Å². The standard InChI is InChI=1S/C20H15Cl3N2O3S/c1-12-2-6-15(7-3-12)29(27,28)25-18-9-5-13(21)10-16(18)20(26)24-19-11-14(22)4-8-17(19)23/h2-11,25H,1H3,(H,24,26). The zero-order valence-corrected chi connectivity index (χ0v) is 18.1. The quantitative estimate of drug-likeness (QED) is 0.480. The minimum atomic E-state index is -3.91. The minimum Gasteiger partial charge on any atom is -0.321 e. The van der Waals surface area contributed by atoms with Crippen LogP contribution < -0.4 is 10.0 Å². The summed E-state index contributed by atoms with van der Waals surface area (Å²) in [6, 6.07) is 15.2. The highest BCUT2D eigenvalue weighted by Gasteiger charge is 2.20. The summed E-state index contributed by atoms with van der Waals surface area (Å²) in [5, 5.41) is 3.56. The van der Waals surface area contributed by atoms with E-state index >= 15 is 0 Å². The summed E-state index contributed by atoms with van der Waals surface area (Å²) in [5.41, 5.74) is 1.32. The number of aryl methyl sites for hydroxylation is 1. The number of hydrogen-bond donors (Lipinski definition) is 2. The molecule has 0 saturated heterocycles. The van der Waals surface area contributed by atoms with E-state index in [9.17, 15) is 13.2 Å². The van der Waals surface area contributed by atoms with Gasteiger partial charge in [-0.05, 0) is 55.5 Å². The second kappa shape index (κ2) is 8.63. The van der Waals surface area contributed by atoms with Gasteiger partial charge in [0.05, 0.1) is 26.9 Å². The Kier molecular flexibility index (Phi) is 6.39. The first-order valence-electron chi connectivity index (χ1n) is 8.31. The Labute approximate surface area is 183 Å². The summed E-state index contributed by atoms with van der Waals surface area (Å²) >= 11 is 18.1. The van der Waals surface area contributed by atoms with Crippen molar-refractivity contribution in [1.29, 1.82) is 0 Å². The van der Waals surface area contributed by atoms with Crippen LogP contribution in [0.25, 0.3) is 0 Å². The highest BCUT2D eigenvalue weighted by molar-refractivity contribution is 7.92. The van der Waals surface area contributed by atoms with Crippen molar-refractivity contribution < 1.29 is 13.2 Å².